The number of aromatic nitrogens is 2. The van der Waals surface area contributed by atoms with Gasteiger partial charge in [0.25, 0.3) is 0 Å². The van der Waals surface area contributed by atoms with Crippen molar-refractivity contribution in [3.05, 3.63) is 59.1 Å². The molecular formula is C15H12F3N3S. The number of rotatable bonds is 4. The maximum absolute atomic E-state index is 13.8. The summed E-state index contributed by atoms with van der Waals surface area (Å²) in [6, 6.07) is 3.15. The van der Waals surface area contributed by atoms with E-state index in [0.29, 0.717) is 18.2 Å². The maximum atomic E-state index is 13.8. The van der Waals surface area contributed by atoms with Gasteiger partial charge in [-0.2, -0.15) is 0 Å². The number of hydrogen-bond donors (Lipinski definition) is 1. The van der Waals surface area contributed by atoms with E-state index in [1.807, 2.05) is 4.57 Å². The van der Waals surface area contributed by atoms with E-state index in [1.165, 1.54) is 11.3 Å². The maximum Gasteiger partial charge on any atom is 0.182 e. The van der Waals surface area contributed by atoms with Gasteiger partial charge in [-0.3, -0.25) is 0 Å². The standard InChI is InChI=1S/C15H12F3N3S/c1-19-15-20-6-11(22-15)8-21-3-2-9(7-21)12-4-10(16)5-13(17)14(12)18/h2-7H,8H2,1H3,(H,19,20). The van der Waals surface area contributed by atoms with Crippen molar-refractivity contribution < 1.29 is 13.2 Å². The second-order valence-corrected chi connectivity index (χ2v) is 5.82. The highest BCUT2D eigenvalue weighted by Gasteiger charge is 2.14. The van der Waals surface area contributed by atoms with Crippen molar-refractivity contribution in [2.24, 2.45) is 0 Å². The van der Waals surface area contributed by atoms with Gasteiger partial charge in [0.15, 0.2) is 16.8 Å². The Morgan fingerprint density at radius 2 is 2.09 bits per heavy atom. The first kappa shape index (κ1) is 14.6. The Labute approximate surface area is 129 Å². The molecule has 0 atom stereocenters. The van der Waals surface area contributed by atoms with Gasteiger partial charge in [0.2, 0.25) is 0 Å². The lowest BCUT2D eigenvalue weighted by Gasteiger charge is -2.03. The van der Waals surface area contributed by atoms with Gasteiger partial charge in [-0.25, -0.2) is 18.2 Å². The minimum absolute atomic E-state index is 0.0866. The smallest absolute Gasteiger partial charge is 0.182 e. The zero-order valence-corrected chi connectivity index (χ0v) is 12.4. The minimum atomic E-state index is -1.19. The van der Waals surface area contributed by atoms with Crippen LogP contribution in [0.25, 0.3) is 11.1 Å². The van der Waals surface area contributed by atoms with Crippen LogP contribution >= 0.6 is 11.3 Å². The zero-order valence-electron chi connectivity index (χ0n) is 11.6. The third-order valence-electron chi connectivity index (χ3n) is 3.16. The molecule has 0 fully saturated rings. The summed E-state index contributed by atoms with van der Waals surface area (Å²) in [5.74, 6) is -3.04. The van der Waals surface area contributed by atoms with Crippen LogP contribution in [0.1, 0.15) is 4.88 Å². The number of nitrogens with one attached hydrogen (secondary N) is 1. The normalized spacial score (nSPS) is 10.9. The van der Waals surface area contributed by atoms with Gasteiger partial charge in [-0.05, 0) is 12.1 Å². The second kappa shape index (κ2) is 5.84. The highest BCUT2D eigenvalue weighted by Crippen LogP contribution is 2.27. The van der Waals surface area contributed by atoms with Crippen LogP contribution in [0.3, 0.4) is 0 Å². The van der Waals surface area contributed by atoms with E-state index in [9.17, 15) is 13.2 Å². The molecule has 0 radical (unpaired) electrons. The van der Waals surface area contributed by atoms with Crippen molar-refractivity contribution in [1.82, 2.24) is 9.55 Å². The van der Waals surface area contributed by atoms with Crippen LogP contribution < -0.4 is 5.32 Å². The highest BCUT2D eigenvalue weighted by molar-refractivity contribution is 7.15. The van der Waals surface area contributed by atoms with E-state index in [1.54, 1.807) is 31.7 Å². The summed E-state index contributed by atoms with van der Waals surface area (Å²) >= 11 is 1.50. The Morgan fingerprint density at radius 3 is 2.82 bits per heavy atom. The SMILES string of the molecule is CNc1ncc(Cn2ccc(-c3cc(F)cc(F)c3F)c2)s1. The molecule has 0 saturated heterocycles. The van der Waals surface area contributed by atoms with Crippen LogP contribution in [0.4, 0.5) is 18.3 Å². The molecule has 22 heavy (non-hydrogen) atoms. The molecule has 0 aliphatic heterocycles. The summed E-state index contributed by atoms with van der Waals surface area (Å²) in [5.41, 5.74) is 0.339. The number of anilines is 1. The van der Waals surface area contributed by atoms with Crippen molar-refractivity contribution in [3.8, 4) is 11.1 Å². The monoisotopic (exact) mass is 323 g/mol. The average Bonchev–Trinajstić information content (AvgIpc) is 3.12. The predicted molar refractivity (Wildman–Crippen MR) is 80.5 cm³/mol. The van der Waals surface area contributed by atoms with Crippen LogP contribution in [0.5, 0.6) is 0 Å². The van der Waals surface area contributed by atoms with E-state index in [2.05, 4.69) is 10.3 Å². The van der Waals surface area contributed by atoms with Gasteiger partial charge in [-0.15, -0.1) is 11.3 Å². The van der Waals surface area contributed by atoms with Crippen molar-refractivity contribution in [2.75, 3.05) is 12.4 Å². The molecule has 0 unspecified atom stereocenters. The molecular weight excluding hydrogens is 311 g/mol. The lowest BCUT2D eigenvalue weighted by molar-refractivity contribution is 0.497. The molecule has 0 bridgehead atoms. The third kappa shape index (κ3) is 2.85. The molecule has 3 rings (SSSR count). The highest BCUT2D eigenvalue weighted by atomic mass is 32.1. The Hall–Kier alpha value is -2.28. The molecule has 7 heteroatoms. The van der Waals surface area contributed by atoms with Crippen molar-refractivity contribution in [3.63, 3.8) is 0 Å². The molecule has 3 nitrogen and oxygen atoms in total. The van der Waals surface area contributed by atoms with E-state index < -0.39 is 17.5 Å². The number of hydrogen-bond acceptors (Lipinski definition) is 3. The average molecular weight is 323 g/mol. The molecule has 0 aliphatic rings. The Bertz CT molecular complexity index is 810. The first-order chi connectivity index (χ1) is 10.6. The molecule has 2 aromatic heterocycles. The van der Waals surface area contributed by atoms with Crippen LogP contribution in [0.15, 0.2) is 36.8 Å². The van der Waals surface area contributed by atoms with Gasteiger partial charge in [0.05, 0.1) is 6.54 Å². The number of benzene rings is 1. The van der Waals surface area contributed by atoms with Gasteiger partial charge >= 0.3 is 0 Å². The quantitative estimate of drug-likeness (QED) is 0.732. The molecule has 0 spiro atoms. The van der Waals surface area contributed by atoms with Crippen molar-refractivity contribution in [1.29, 1.82) is 0 Å². The summed E-state index contributed by atoms with van der Waals surface area (Å²) in [6.07, 6.45) is 5.13. The number of thiazole rings is 1. The lowest BCUT2D eigenvalue weighted by Crippen LogP contribution is -1.94. The zero-order chi connectivity index (χ0) is 15.7. The predicted octanol–water partition coefficient (Wildman–Crippen LogP) is 4.12. The van der Waals surface area contributed by atoms with Crippen molar-refractivity contribution in [2.45, 2.75) is 6.54 Å². The molecule has 0 aliphatic carbocycles. The molecule has 0 saturated carbocycles. The Morgan fingerprint density at radius 1 is 1.27 bits per heavy atom. The summed E-state index contributed by atoms with van der Waals surface area (Å²) in [5, 5.41) is 3.76. The van der Waals surface area contributed by atoms with Gasteiger partial charge in [-0.1, -0.05) is 0 Å². The molecule has 3 aromatic rings. The topological polar surface area (TPSA) is 29.9 Å². The second-order valence-electron chi connectivity index (χ2n) is 4.70. The first-order valence-corrected chi connectivity index (χ1v) is 7.31. The van der Waals surface area contributed by atoms with Gasteiger partial charge < -0.3 is 9.88 Å². The van der Waals surface area contributed by atoms with Crippen LogP contribution in [0, 0.1) is 17.5 Å². The van der Waals surface area contributed by atoms with Crippen LogP contribution in [-0.2, 0) is 6.54 Å². The fourth-order valence-electron chi connectivity index (χ4n) is 2.14. The van der Waals surface area contributed by atoms with E-state index >= 15 is 0 Å². The van der Waals surface area contributed by atoms with Crippen molar-refractivity contribution >= 4 is 16.5 Å². The fourth-order valence-corrected chi connectivity index (χ4v) is 2.92. The van der Waals surface area contributed by atoms with E-state index in [-0.39, 0.29) is 5.56 Å². The number of nitrogens with zero attached hydrogens (tertiary/aromatic N) is 2. The molecule has 1 aromatic carbocycles. The molecule has 1 N–H and O–H groups in total. The first-order valence-electron chi connectivity index (χ1n) is 6.50. The molecule has 2 heterocycles. The lowest BCUT2D eigenvalue weighted by atomic mass is 10.1. The van der Waals surface area contributed by atoms with Gasteiger partial charge in [0, 0.05) is 47.7 Å². The Kier molecular flexibility index (Phi) is 3.89. The summed E-state index contributed by atoms with van der Waals surface area (Å²) < 4.78 is 42.1. The van der Waals surface area contributed by atoms with Crippen LogP contribution in [-0.4, -0.2) is 16.6 Å². The summed E-state index contributed by atoms with van der Waals surface area (Å²) in [4.78, 5) is 5.18. The van der Waals surface area contributed by atoms with E-state index in [4.69, 9.17) is 0 Å². The summed E-state index contributed by atoms with van der Waals surface area (Å²) in [6.45, 7) is 0.554. The van der Waals surface area contributed by atoms with Crippen LogP contribution in [0.2, 0.25) is 0 Å². The van der Waals surface area contributed by atoms with Gasteiger partial charge in [0.1, 0.15) is 5.82 Å². The third-order valence-corrected chi connectivity index (χ3v) is 4.16. The molecule has 114 valence electrons. The molecule has 0 amide bonds. The van der Waals surface area contributed by atoms with E-state index in [0.717, 1.165) is 16.1 Å². The largest absolute Gasteiger partial charge is 0.365 e. The minimum Gasteiger partial charge on any atom is -0.365 e. The Balaban J connectivity index is 1.87. The summed E-state index contributed by atoms with van der Waals surface area (Å²) in [7, 11) is 1.79. The fraction of sp³-hybridized carbons (Fsp3) is 0.133. The number of halogens is 3.